The van der Waals surface area contributed by atoms with Crippen molar-refractivity contribution in [3.8, 4) is 67.0 Å². The third-order valence-electron chi connectivity index (χ3n) is 12.5. The molecule has 12 rings (SSSR count). The van der Waals surface area contributed by atoms with Crippen LogP contribution >= 0.6 is 0 Å². The largest absolute Gasteiger partial charge is 0.309 e. The predicted octanol–water partition coefficient (Wildman–Crippen LogP) is 16.2. The predicted molar refractivity (Wildman–Crippen MR) is 262 cm³/mol. The highest BCUT2D eigenvalue weighted by Gasteiger charge is 2.19. The number of benzene rings is 10. The summed E-state index contributed by atoms with van der Waals surface area (Å²) in [4.78, 5) is 0. The summed E-state index contributed by atoms with van der Waals surface area (Å²) < 4.78 is 4.85. The van der Waals surface area contributed by atoms with E-state index in [4.69, 9.17) is 0 Å². The summed E-state index contributed by atoms with van der Waals surface area (Å²) in [7, 11) is 0. The standard InChI is InChI=1S/C60H40N2/c1-4-16-41(17-5-1)44-20-14-22-46(34-44)49-36-48(37-50(38-49)47-23-15-21-45(35-47)42-18-6-2-7-19-42)43-30-32-52(33-31-43)62-58-29-13-11-27-54(58)56-39-55-53-26-10-12-28-57(53)61(59(55)40-60(56)62)51-24-8-3-9-25-51/h1-40H. The van der Waals surface area contributed by atoms with Crippen LogP contribution in [0.15, 0.2) is 243 Å². The maximum absolute atomic E-state index is 2.44. The Bertz CT molecular complexity index is 3490. The number of hydrogen-bond donors (Lipinski definition) is 0. The molecule has 0 radical (unpaired) electrons. The monoisotopic (exact) mass is 788 g/mol. The molecule has 290 valence electrons. The van der Waals surface area contributed by atoms with Crippen LogP contribution in [0.3, 0.4) is 0 Å². The molecule has 0 aliphatic heterocycles. The molecular formula is C60H40N2. The summed E-state index contributed by atoms with van der Waals surface area (Å²) in [5.41, 5.74) is 19.0. The number of fused-ring (bicyclic) bond motifs is 6. The van der Waals surface area contributed by atoms with Crippen LogP contribution in [-0.4, -0.2) is 9.13 Å². The second-order valence-corrected chi connectivity index (χ2v) is 16.2. The van der Waals surface area contributed by atoms with E-state index in [1.165, 1.54) is 99.2 Å². The van der Waals surface area contributed by atoms with E-state index in [2.05, 4.69) is 252 Å². The summed E-state index contributed by atoms with van der Waals surface area (Å²) in [6.07, 6.45) is 0. The molecular weight excluding hydrogens is 749 g/mol. The Morgan fingerprint density at radius 3 is 1.00 bits per heavy atom. The fraction of sp³-hybridized carbons (Fsp3) is 0. The second-order valence-electron chi connectivity index (χ2n) is 16.2. The van der Waals surface area contributed by atoms with Gasteiger partial charge in [0.25, 0.3) is 0 Å². The maximum Gasteiger partial charge on any atom is 0.0562 e. The zero-order valence-corrected chi connectivity index (χ0v) is 34.0. The van der Waals surface area contributed by atoms with Gasteiger partial charge in [0, 0.05) is 32.9 Å². The summed E-state index contributed by atoms with van der Waals surface area (Å²) in [6, 6.07) is 88.5. The summed E-state index contributed by atoms with van der Waals surface area (Å²) in [5, 5.41) is 5.02. The van der Waals surface area contributed by atoms with Gasteiger partial charge < -0.3 is 9.13 Å². The third-order valence-corrected chi connectivity index (χ3v) is 12.5. The molecule has 0 aliphatic rings. The van der Waals surface area contributed by atoms with Crippen molar-refractivity contribution in [2.45, 2.75) is 0 Å². The van der Waals surface area contributed by atoms with Crippen molar-refractivity contribution >= 4 is 43.6 Å². The van der Waals surface area contributed by atoms with Crippen molar-refractivity contribution in [3.63, 3.8) is 0 Å². The molecule has 2 heteroatoms. The highest BCUT2D eigenvalue weighted by atomic mass is 15.0. The second kappa shape index (κ2) is 14.8. The lowest BCUT2D eigenvalue weighted by atomic mass is 9.91. The van der Waals surface area contributed by atoms with Gasteiger partial charge >= 0.3 is 0 Å². The van der Waals surface area contributed by atoms with E-state index in [1.54, 1.807) is 0 Å². The number of aromatic nitrogens is 2. The Balaban J connectivity index is 1.02. The molecule has 10 aromatic carbocycles. The Hall–Kier alpha value is -8.20. The fourth-order valence-corrected chi connectivity index (χ4v) is 9.51. The first-order valence-electron chi connectivity index (χ1n) is 21.3. The lowest BCUT2D eigenvalue weighted by molar-refractivity contribution is 1.16. The molecule has 0 bridgehead atoms. The average Bonchev–Trinajstić information content (AvgIpc) is 3.86. The average molecular weight is 789 g/mol. The Morgan fingerprint density at radius 2 is 0.516 bits per heavy atom. The van der Waals surface area contributed by atoms with Gasteiger partial charge in [-0.15, -0.1) is 0 Å². The minimum Gasteiger partial charge on any atom is -0.309 e. The van der Waals surface area contributed by atoms with E-state index in [9.17, 15) is 0 Å². The van der Waals surface area contributed by atoms with Gasteiger partial charge in [-0.1, -0.05) is 164 Å². The van der Waals surface area contributed by atoms with Crippen LogP contribution in [0.1, 0.15) is 0 Å². The molecule has 0 atom stereocenters. The first-order valence-corrected chi connectivity index (χ1v) is 21.3. The van der Waals surface area contributed by atoms with Crippen molar-refractivity contribution < 1.29 is 0 Å². The van der Waals surface area contributed by atoms with Crippen LogP contribution in [-0.2, 0) is 0 Å². The molecule has 0 N–H and O–H groups in total. The van der Waals surface area contributed by atoms with E-state index in [-0.39, 0.29) is 0 Å². The highest BCUT2D eigenvalue weighted by Crippen LogP contribution is 2.41. The molecule has 0 fully saturated rings. The van der Waals surface area contributed by atoms with Crippen LogP contribution in [0.5, 0.6) is 0 Å². The van der Waals surface area contributed by atoms with Crippen molar-refractivity contribution in [1.29, 1.82) is 0 Å². The Kier molecular flexibility index (Phi) is 8.53. The summed E-state index contributed by atoms with van der Waals surface area (Å²) >= 11 is 0. The number of nitrogens with zero attached hydrogens (tertiary/aromatic N) is 2. The van der Waals surface area contributed by atoms with Crippen LogP contribution in [0, 0.1) is 0 Å². The maximum atomic E-state index is 2.44. The van der Waals surface area contributed by atoms with Gasteiger partial charge in [0.1, 0.15) is 0 Å². The van der Waals surface area contributed by atoms with Gasteiger partial charge in [-0.05, 0) is 134 Å². The quantitative estimate of drug-likeness (QED) is 0.152. The molecule has 12 aromatic rings. The first-order chi connectivity index (χ1) is 30.7. The molecule has 2 nitrogen and oxygen atoms in total. The number of para-hydroxylation sites is 3. The van der Waals surface area contributed by atoms with Crippen molar-refractivity contribution in [3.05, 3.63) is 243 Å². The van der Waals surface area contributed by atoms with Gasteiger partial charge in [0.15, 0.2) is 0 Å². The fourth-order valence-electron chi connectivity index (χ4n) is 9.51. The first kappa shape index (κ1) is 35.7. The van der Waals surface area contributed by atoms with Crippen LogP contribution in [0.25, 0.3) is 111 Å². The van der Waals surface area contributed by atoms with Crippen molar-refractivity contribution in [2.75, 3.05) is 0 Å². The molecule has 2 heterocycles. The van der Waals surface area contributed by atoms with Gasteiger partial charge in [-0.3, -0.25) is 0 Å². The molecule has 62 heavy (non-hydrogen) atoms. The lowest BCUT2D eigenvalue weighted by Crippen LogP contribution is -1.96. The minimum absolute atomic E-state index is 1.13. The Labute approximate surface area is 360 Å². The van der Waals surface area contributed by atoms with E-state index < -0.39 is 0 Å². The normalized spacial score (nSPS) is 11.5. The summed E-state index contributed by atoms with van der Waals surface area (Å²) in [6.45, 7) is 0. The van der Waals surface area contributed by atoms with Crippen LogP contribution in [0.4, 0.5) is 0 Å². The van der Waals surface area contributed by atoms with E-state index in [0.29, 0.717) is 0 Å². The highest BCUT2D eigenvalue weighted by molar-refractivity contribution is 6.19. The minimum atomic E-state index is 1.13. The summed E-state index contributed by atoms with van der Waals surface area (Å²) in [5.74, 6) is 0. The van der Waals surface area contributed by atoms with Crippen molar-refractivity contribution in [1.82, 2.24) is 9.13 Å². The molecule has 0 aliphatic carbocycles. The lowest BCUT2D eigenvalue weighted by Gasteiger charge is -2.14. The Morgan fingerprint density at radius 1 is 0.177 bits per heavy atom. The van der Waals surface area contributed by atoms with Crippen LogP contribution < -0.4 is 0 Å². The SMILES string of the molecule is c1ccc(-c2cccc(-c3cc(-c4ccc(-n5c6ccccc6c6cc7c8ccccc8n(-c8ccccc8)c7cc65)cc4)cc(-c4cccc(-c5ccccc5)c4)c3)c2)cc1. The smallest absolute Gasteiger partial charge is 0.0562 e. The molecule has 0 spiro atoms. The van der Waals surface area contributed by atoms with Gasteiger partial charge in [0.2, 0.25) is 0 Å². The molecule has 0 saturated heterocycles. The zero-order chi connectivity index (χ0) is 41.0. The molecule has 0 saturated carbocycles. The van der Waals surface area contributed by atoms with Crippen LogP contribution in [0.2, 0.25) is 0 Å². The van der Waals surface area contributed by atoms with Gasteiger partial charge in [0.05, 0.1) is 22.1 Å². The van der Waals surface area contributed by atoms with Gasteiger partial charge in [-0.25, -0.2) is 0 Å². The van der Waals surface area contributed by atoms with E-state index >= 15 is 0 Å². The number of rotatable bonds is 7. The number of hydrogen-bond acceptors (Lipinski definition) is 0. The topological polar surface area (TPSA) is 9.86 Å². The van der Waals surface area contributed by atoms with Gasteiger partial charge in [-0.2, -0.15) is 0 Å². The zero-order valence-electron chi connectivity index (χ0n) is 34.0. The molecule has 0 unspecified atom stereocenters. The van der Waals surface area contributed by atoms with E-state index in [1.807, 2.05) is 0 Å². The molecule has 2 aromatic heterocycles. The van der Waals surface area contributed by atoms with Crippen molar-refractivity contribution in [2.24, 2.45) is 0 Å². The van der Waals surface area contributed by atoms with E-state index in [0.717, 1.165) is 11.4 Å². The molecule has 0 amide bonds. The third kappa shape index (κ3) is 6.12.